The van der Waals surface area contributed by atoms with Crippen LogP contribution in [0, 0.1) is 0 Å². The van der Waals surface area contributed by atoms with Gasteiger partial charge in [-0.15, -0.1) is 22.7 Å². The predicted molar refractivity (Wildman–Crippen MR) is 110 cm³/mol. The van der Waals surface area contributed by atoms with Gasteiger partial charge >= 0.3 is 5.97 Å². The molecule has 0 radical (unpaired) electrons. The highest BCUT2D eigenvalue weighted by Gasteiger charge is 2.12. The van der Waals surface area contributed by atoms with Crippen LogP contribution < -0.4 is 0 Å². The molecule has 0 atom stereocenters. The monoisotopic (exact) mass is 394 g/mol. The molecule has 0 aliphatic rings. The summed E-state index contributed by atoms with van der Waals surface area (Å²) in [6, 6.07) is 16.3. The molecule has 0 unspecified atom stereocenters. The molecule has 2 aromatic carbocycles. The SMILES string of the molecule is CCc1ccc(-c2nc(CC(=O)OCc3nc4ccccc4s3)cs2)cc1. The van der Waals surface area contributed by atoms with Gasteiger partial charge in [0.1, 0.15) is 16.6 Å². The largest absolute Gasteiger partial charge is 0.458 e. The number of esters is 1. The van der Waals surface area contributed by atoms with Crippen LogP contribution in [0.25, 0.3) is 20.8 Å². The van der Waals surface area contributed by atoms with E-state index in [1.807, 2.05) is 29.6 Å². The van der Waals surface area contributed by atoms with Crippen molar-refractivity contribution in [2.24, 2.45) is 0 Å². The van der Waals surface area contributed by atoms with E-state index < -0.39 is 0 Å². The number of ether oxygens (including phenoxy) is 1. The maximum atomic E-state index is 12.1. The minimum Gasteiger partial charge on any atom is -0.458 e. The van der Waals surface area contributed by atoms with E-state index >= 15 is 0 Å². The number of thiazole rings is 2. The number of aryl methyl sites for hydroxylation is 1. The van der Waals surface area contributed by atoms with E-state index in [1.165, 1.54) is 5.56 Å². The molecule has 27 heavy (non-hydrogen) atoms. The van der Waals surface area contributed by atoms with Crippen LogP contribution >= 0.6 is 22.7 Å². The Kier molecular flexibility index (Phi) is 5.27. The van der Waals surface area contributed by atoms with E-state index in [2.05, 4.69) is 41.2 Å². The summed E-state index contributed by atoms with van der Waals surface area (Å²) in [6.07, 6.45) is 1.19. The first-order chi connectivity index (χ1) is 13.2. The van der Waals surface area contributed by atoms with Crippen LogP contribution in [0.3, 0.4) is 0 Å². The quantitative estimate of drug-likeness (QED) is 0.418. The number of carbonyl (C=O) groups is 1. The predicted octanol–water partition coefficient (Wildman–Crippen LogP) is 5.27. The minimum atomic E-state index is -0.285. The van der Waals surface area contributed by atoms with Gasteiger partial charge in [-0.2, -0.15) is 0 Å². The van der Waals surface area contributed by atoms with E-state index in [-0.39, 0.29) is 19.0 Å². The van der Waals surface area contributed by atoms with Crippen molar-refractivity contribution >= 4 is 38.9 Å². The Morgan fingerprint density at radius 2 is 1.89 bits per heavy atom. The lowest BCUT2D eigenvalue weighted by molar-refractivity contribution is -0.144. The average molecular weight is 395 g/mol. The minimum absolute atomic E-state index is 0.175. The van der Waals surface area contributed by atoms with Gasteiger partial charge in [0.25, 0.3) is 0 Å². The number of rotatable bonds is 6. The van der Waals surface area contributed by atoms with Crippen LogP contribution in [0.15, 0.2) is 53.9 Å². The van der Waals surface area contributed by atoms with E-state index in [0.29, 0.717) is 0 Å². The van der Waals surface area contributed by atoms with Crippen molar-refractivity contribution in [2.45, 2.75) is 26.4 Å². The fraction of sp³-hybridized carbons (Fsp3) is 0.190. The van der Waals surface area contributed by atoms with Crippen molar-refractivity contribution in [1.82, 2.24) is 9.97 Å². The molecule has 4 rings (SSSR count). The third kappa shape index (κ3) is 4.23. The van der Waals surface area contributed by atoms with Gasteiger partial charge < -0.3 is 4.74 Å². The summed E-state index contributed by atoms with van der Waals surface area (Å²) in [5.41, 5.74) is 4.05. The first-order valence-electron chi connectivity index (χ1n) is 8.75. The second-order valence-electron chi connectivity index (χ2n) is 6.11. The molecule has 6 heteroatoms. The number of para-hydroxylation sites is 1. The molecule has 0 saturated carbocycles. The molecule has 4 nitrogen and oxygen atoms in total. The van der Waals surface area contributed by atoms with Crippen LogP contribution in [0.2, 0.25) is 0 Å². The van der Waals surface area contributed by atoms with Gasteiger partial charge in [-0.25, -0.2) is 9.97 Å². The number of fused-ring (bicyclic) bond motifs is 1. The molecule has 0 saturated heterocycles. The molecule has 0 amide bonds. The Bertz CT molecular complexity index is 1030. The first kappa shape index (κ1) is 17.8. The van der Waals surface area contributed by atoms with Crippen LogP contribution in [-0.4, -0.2) is 15.9 Å². The van der Waals surface area contributed by atoms with Gasteiger partial charge in [0.15, 0.2) is 0 Å². The van der Waals surface area contributed by atoms with Crippen molar-refractivity contribution in [3.05, 3.63) is 70.2 Å². The van der Waals surface area contributed by atoms with Crippen molar-refractivity contribution in [3.8, 4) is 10.6 Å². The maximum Gasteiger partial charge on any atom is 0.312 e. The Balaban J connectivity index is 1.36. The second-order valence-corrected chi connectivity index (χ2v) is 8.08. The summed E-state index contributed by atoms with van der Waals surface area (Å²) >= 11 is 3.09. The lowest BCUT2D eigenvalue weighted by Gasteiger charge is -2.01. The third-order valence-corrected chi connectivity index (χ3v) is 6.13. The molecule has 0 bridgehead atoms. The summed E-state index contributed by atoms with van der Waals surface area (Å²) in [6.45, 7) is 2.34. The van der Waals surface area contributed by atoms with Crippen molar-refractivity contribution in [2.75, 3.05) is 0 Å². The zero-order valence-corrected chi connectivity index (χ0v) is 16.5. The topological polar surface area (TPSA) is 52.1 Å². The summed E-state index contributed by atoms with van der Waals surface area (Å²) in [5.74, 6) is -0.285. The Labute approximate surface area is 165 Å². The molecule has 4 aromatic rings. The first-order valence-corrected chi connectivity index (χ1v) is 10.4. The van der Waals surface area contributed by atoms with E-state index in [4.69, 9.17) is 4.74 Å². The van der Waals surface area contributed by atoms with Crippen LogP contribution in [0.4, 0.5) is 0 Å². The second kappa shape index (κ2) is 7.98. The number of hydrogen-bond donors (Lipinski definition) is 0. The van der Waals surface area contributed by atoms with Crippen molar-refractivity contribution in [1.29, 1.82) is 0 Å². The summed E-state index contributed by atoms with van der Waals surface area (Å²) in [5, 5.41) is 3.65. The van der Waals surface area contributed by atoms with Gasteiger partial charge in [-0.1, -0.05) is 43.3 Å². The van der Waals surface area contributed by atoms with Crippen LogP contribution in [-0.2, 0) is 29.0 Å². The van der Waals surface area contributed by atoms with Gasteiger partial charge in [0.2, 0.25) is 0 Å². The molecule has 136 valence electrons. The maximum absolute atomic E-state index is 12.1. The smallest absolute Gasteiger partial charge is 0.312 e. The van der Waals surface area contributed by atoms with Gasteiger partial charge in [-0.3, -0.25) is 4.79 Å². The number of benzene rings is 2. The summed E-state index contributed by atoms with van der Waals surface area (Å²) in [7, 11) is 0. The molecular weight excluding hydrogens is 376 g/mol. The highest BCUT2D eigenvalue weighted by molar-refractivity contribution is 7.18. The van der Waals surface area contributed by atoms with Crippen LogP contribution in [0.5, 0.6) is 0 Å². The van der Waals surface area contributed by atoms with E-state index in [9.17, 15) is 4.79 Å². The molecule has 0 aliphatic heterocycles. The molecule has 0 N–H and O–H groups in total. The van der Waals surface area contributed by atoms with E-state index in [0.717, 1.165) is 37.9 Å². The van der Waals surface area contributed by atoms with Gasteiger partial charge in [0.05, 0.1) is 22.3 Å². The molecule has 0 fully saturated rings. The fourth-order valence-corrected chi connectivity index (χ4v) is 4.43. The number of carbonyl (C=O) groups excluding carboxylic acids is 1. The van der Waals surface area contributed by atoms with Gasteiger partial charge in [0, 0.05) is 10.9 Å². The Morgan fingerprint density at radius 1 is 1.07 bits per heavy atom. The van der Waals surface area contributed by atoms with Crippen LogP contribution in [0.1, 0.15) is 23.2 Å². The molecular formula is C21H18N2O2S2. The molecule has 0 aliphatic carbocycles. The normalized spacial score (nSPS) is 11.0. The third-order valence-electron chi connectivity index (χ3n) is 4.18. The summed E-state index contributed by atoms with van der Waals surface area (Å²) in [4.78, 5) is 21.2. The fourth-order valence-electron chi connectivity index (χ4n) is 2.73. The standard InChI is InChI=1S/C21H18N2O2S2/c1-2-14-7-9-15(10-8-14)21-22-16(13-26-21)11-20(24)25-12-19-23-17-5-3-4-6-18(17)27-19/h3-10,13H,2,11-12H2,1H3. The highest BCUT2D eigenvalue weighted by Crippen LogP contribution is 2.25. The lowest BCUT2D eigenvalue weighted by Crippen LogP contribution is -2.08. The number of nitrogens with zero attached hydrogens (tertiary/aromatic N) is 2. The van der Waals surface area contributed by atoms with E-state index in [1.54, 1.807) is 22.7 Å². The Hall–Kier alpha value is -2.57. The lowest BCUT2D eigenvalue weighted by atomic mass is 10.1. The number of hydrogen-bond acceptors (Lipinski definition) is 6. The van der Waals surface area contributed by atoms with Crippen molar-refractivity contribution < 1.29 is 9.53 Å². The van der Waals surface area contributed by atoms with Gasteiger partial charge in [-0.05, 0) is 24.1 Å². The molecule has 2 aromatic heterocycles. The zero-order valence-electron chi connectivity index (χ0n) is 14.8. The zero-order chi connectivity index (χ0) is 18.6. The summed E-state index contributed by atoms with van der Waals surface area (Å²) < 4.78 is 6.48. The van der Waals surface area contributed by atoms with Crippen molar-refractivity contribution in [3.63, 3.8) is 0 Å². The molecule has 2 heterocycles. The average Bonchev–Trinajstić information content (AvgIpc) is 3.33. The Morgan fingerprint density at radius 3 is 2.67 bits per heavy atom. The highest BCUT2D eigenvalue weighted by atomic mass is 32.1. The number of aromatic nitrogens is 2. The molecule has 0 spiro atoms.